The number of ketones is 1. The number of thioether (sulfide) groups is 1. The summed E-state index contributed by atoms with van der Waals surface area (Å²) in [6.07, 6.45) is 9.68. The van der Waals surface area contributed by atoms with Crippen LogP contribution in [0.3, 0.4) is 0 Å². The van der Waals surface area contributed by atoms with Gasteiger partial charge in [0.05, 0.1) is 7.14 Å². The molecule has 0 aliphatic carbocycles. The molecule has 0 saturated carbocycles. The van der Waals surface area contributed by atoms with Crippen molar-refractivity contribution in [2.75, 3.05) is 155 Å². The number of methoxy groups -OCH3 is 1. The standard InChI is InChI=1S/C6H12.C5H12.C4H9B.2C4H9N.C4H12Si.C4H6.C3H9B.C3H9N.C3H9OP.C3H6O.C3H9P.2C2H6BN.C2H6N2.C2H6O2S.C2H6OS.C2H6O.C2H6S/c1-5(2)6(3)4;1-5(2,3)4;3*1-4(2)5-3;1-5(2,3)4;1-3-4-2;2*1-4(2)3;1-5(2,3)4;1-3(2)4;1-4(2)3;3*1-3-4-2;1-5(2,3)4;1-4(2)3;2*1-3-2/h1-4H3;1-4H3;3*1-3H3;1-4H3;1-2H3;2*1-3H3;1-3H3;1-2H3;1-3H3;3*1-2H3;1-2H3;1-2H3;2*1-2H3. The van der Waals surface area contributed by atoms with Crippen LogP contribution in [0.2, 0.25) is 67.1 Å². The molecular weight excluding hydrogens is 1140 g/mol. The van der Waals surface area contributed by atoms with Crippen molar-refractivity contribution in [3.05, 3.63) is 11.1 Å². The number of aliphatic imine (C=N–C) groups is 2. The summed E-state index contributed by atoms with van der Waals surface area (Å²) in [4.78, 5) is 26.3. The van der Waals surface area contributed by atoms with E-state index in [1.165, 1.54) is 30.5 Å². The van der Waals surface area contributed by atoms with Crippen LogP contribution >= 0.6 is 26.8 Å². The smallest absolute Gasteiger partial charge is 0.144 e. The fraction of sp³-hybridized carbons (Fsp3) is 0.867. The van der Waals surface area contributed by atoms with Crippen molar-refractivity contribution >= 4 is 106 Å². The molecule has 0 aliphatic rings. The van der Waals surface area contributed by atoms with Gasteiger partial charge in [0.15, 0.2) is 0 Å². The molecule has 13 nitrogen and oxygen atoms in total. The van der Waals surface area contributed by atoms with Gasteiger partial charge in [0.25, 0.3) is 0 Å². The maximum Gasteiger partial charge on any atom is 0.144 e. The second-order valence-electron chi connectivity index (χ2n) is 23.6. The van der Waals surface area contributed by atoms with Gasteiger partial charge in [-0.1, -0.05) is 85.5 Å². The zero-order chi connectivity index (χ0) is 73.0. The fourth-order valence-corrected chi connectivity index (χ4v) is 0. The van der Waals surface area contributed by atoms with Crippen molar-refractivity contribution in [1.29, 1.82) is 0 Å². The van der Waals surface area contributed by atoms with Gasteiger partial charge in [-0.25, -0.2) is 8.42 Å². The third-order valence-corrected chi connectivity index (χ3v) is 3.44. The molecule has 0 amide bonds. The van der Waals surface area contributed by atoms with Crippen LogP contribution in [0, 0.1) is 17.3 Å². The molecule has 0 radical (unpaired) electrons. The third kappa shape index (κ3) is 3030. The number of nitrogens with zero attached hydrogens (tertiary/aromatic N) is 7. The number of hydrogen-bond donors (Lipinski definition) is 0. The Kier molecular flexibility index (Phi) is 194. The van der Waals surface area contributed by atoms with Crippen molar-refractivity contribution in [3.8, 4) is 11.8 Å². The van der Waals surface area contributed by atoms with Crippen molar-refractivity contribution in [2.45, 2.75) is 192 Å². The zero-order valence-electron chi connectivity index (χ0n) is 66.0. The Morgan fingerprint density at radius 1 is 0.651 bits per heavy atom. The van der Waals surface area contributed by atoms with E-state index in [4.69, 9.17) is 0 Å². The van der Waals surface area contributed by atoms with E-state index >= 15 is 0 Å². The first-order valence-corrected chi connectivity index (χ1v) is 42.9. The molecule has 0 atom stereocenters. The summed E-state index contributed by atoms with van der Waals surface area (Å²) in [6.45, 7) is 72.4. The minimum absolute atomic E-state index is 0.167. The molecule has 0 spiro atoms. The van der Waals surface area contributed by atoms with Gasteiger partial charge < -0.3 is 19.0 Å². The van der Waals surface area contributed by atoms with Gasteiger partial charge in [-0.15, -0.1) is 19.8 Å². The second-order valence-corrected chi connectivity index (χ2v) is 40.6. The van der Waals surface area contributed by atoms with Crippen LogP contribution in [0.1, 0.15) is 125 Å². The number of carbonyl (C=O) groups is 1. The van der Waals surface area contributed by atoms with E-state index < -0.39 is 35.9 Å². The summed E-state index contributed by atoms with van der Waals surface area (Å²) >= 11 is 1.75. The molecule has 0 aliphatic heterocycles. The van der Waals surface area contributed by atoms with E-state index in [1.807, 2.05) is 101 Å². The number of Topliss-reactive ketones (excluding diaryl/α,β-unsaturated/α-hetero) is 1. The van der Waals surface area contributed by atoms with Crippen LogP contribution in [-0.4, -0.2) is 231 Å². The molecule has 0 rings (SSSR count). The van der Waals surface area contributed by atoms with Crippen molar-refractivity contribution in [1.82, 2.24) is 4.90 Å². The molecule has 0 saturated heterocycles. The van der Waals surface area contributed by atoms with Gasteiger partial charge in [-0.3, -0.25) is 14.2 Å². The molecule has 0 heterocycles. The third-order valence-electron chi connectivity index (χ3n) is 3.44. The summed E-state index contributed by atoms with van der Waals surface area (Å²) in [6, 6.07) is 0. The number of rotatable bonds is 0. The van der Waals surface area contributed by atoms with Crippen LogP contribution < -0.4 is 0 Å². The average molecular weight is 1300 g/mol. The van der Waals surface area contributed by atoms with E-state index in [0.29, 0.717) is 13.3 Å². The van der Waals surface area contributed by atoms with E-state index in [1.54, 1.807) is 115 Å². The van der Waals surface area contributed by atoms with E-state index in [-0.39, 0.29) is 5.78 Å². The summed E-state index contributed by atoms with van der Waals surface area (Å²) in [5.74, 6) is 5.53. The number of allylic oxidation sites excluding steroid dienone is 2. The topological polar surface area (TPSA) is 172 Å². The Labute approximate surface area is 539 Å². The molecule has 0 aromatic rings. The number of sulfone groups is 1. The predicted molar refractivity (Wildman–Crippen MR) is 420 cm³/mol. The molecule has 0 aromatic heterocycles. The van der Waals surface area contributed by atoms with Crippen LogP contribution in [0.5, 0.6) is 0 Å². The number of azo groups is 1. The summed E-state index contributed by atoms with van der Waals surface area (Å²) in [5, 5.41) is 6.72. The van der Waals surface area contributed by atoms with E-state index in [0.717, 1.165) is 30.6 Å². The first-order valence-electron chi connectivity index (χ1n) is 27.3. The normalized spacial score (nSPS) is 8.36. The Bertz CT molecular complexity index is 1450. The average Bonchev–Trinajstić information content (AvgIpc) is 3.24. The van der Waals surface area contributed by atoms with E-state index in [9.17, 15) is 22.0 Å². The number of hydrogen-bond acceptors (Lipinski definition) is 14. The Morgan fingerprint density at radius 3 is 0.723 bits per heavy atom. The largest absolute Gasteiger partial charge is 0.388 e. The Hall–Kier alpha value is -1.11. The summed E-state index contributed by atoms with van der Waals surface area (Å²) in [5.41, 5.74) is 6.99. The molecule has 0 bridgehead atoms. The van der Waals surface area contributed by atoms with Crippen molar-refractivity contribution < 1.29 is 26.7 Å². The SMILES string of the molecule is CB(C)C.CB=C(C)C.CB=NC.CB=NC.CC#CC.CC(C)(C)C.CC(C)=C(C)C.CC(C)=O.CN(C)C.CN=C(C)C.CN=C(C)C.CN=NC.COC.CP(C)(C)=O.CP(C)C.CS(C)(=O)=O.CS(C)=O.CSC.C[Si](C)(C)C. The summed E-state index contributed by atoms with van der Waals surface area (Å²) in [7, 11) is 18.0. The van der Waals surface area contributed by atoms with Gasteiger partial charge in [0.1, 0.15) is 22.3 Å². The Balaban J connectivity index is -0.0000000307. The maximum absolute atomic E-state index is 10.2. The Morgan fingerprint density at radius 2 is 0.723 bits per heavy atom. The van der Waals surface area contributed by atoms with Gasteiger partial charge >= 0.3 is 84.7 Å². The molecule has 83 heavy (non-hydrogen) atoms. The minimum Gasteiger partial charge on any atom is -0.388 e. The maximum atomic E-state index is 10.2. The first kappa shape index (κ1) is 135. The summed E-state index contributed by atoms with van der Waals surface area (Å²) < 4.78 is 43.3. The van der Waals surface area contributed by atoms with Crippen LogP contribution in [0.4, 0.5) is 0 Å². The van der Waals surface area contributed by atoms with Gasteiger partial charge in [0, 0.05) is 97.7 Å². The van der Waals surface area contributed by atoms with Gasteiger partial charge in [-0.2, -0.15) is 22.0 Å². The van der Waals surface area contributed by atoms with E-state index in [2.05, 4.69) is 189 Å². The molecule has 0 aromatic carbocycles. The number of ether oxygens (including phenoxy) is 1. The molecule has 0 fully saturated rings. The minimum atomic E-state index is -2.67. The van der Waals surface area contributed by atoms with Crippen molar-refractivity contribution in [2.24, 2.45) is 35.4 Å². The predicted octanol–water partition coefficient (Wildman–Crippen LogP) is 18.0. The molecular formula is C60H153B4N7O6P2S3Si. The van der Waals surface area contributed by atoms with Gasteiger partial charge in [-0.05, 0) is 162 Å². The zero-order valence-corrected chi connectivity index (χ0v) is 71.2. The van der Waals surface area contributed by atoms with Crippen LogP contribution in [-0.2, 0) is 34.7 Å². The first-order chi connectivity index (χ1) is 36.6. The quantitative estimate of drug-likeness (QED) is 0.0576. The van der Waals surface area contributed by atoms with Crippen molar-refractivity contribution in [3.63, 3.8) is 0 Å². The molecule has 0 unspecified atom stereocenters. The number of carbonyl (C=O) groups excluding carboxylic acids is 1. The van der Waals surface area contributed by atoms with Gasteiger partial charge in [0.2, 0.25) is 0 Å². The monoisotopic (exact) mass is 1300 g/mol. The molecule has 0 N–H and O–H groups in total. The molecule has 23 heteroatoms. The fourth-order valence-electron chi connectivity index (χ4n) is 0. The van der Waals surface area contributed by atoms with Crippen LogP contribution in [0.15, 0.2) is 41.2 Å². The molecule has 508 valence electrons. The second kappa shape index (κ2) is 119. The van der Waals surface area contributed by atoms with Crippen LogP contribution in [0.25, 0.3) is 0 Å².